The molecule has 1 aromatic heterocycles. The number of aromatic nitrogens is 2. The monoisotopic (exact) mass is 902 g/mol. The predicted octanol–water partition coefficient (Wildman–Crippen LogP) is 7.61. The van der Waals surface area contributed by atoms with Crippen LogP contribution in [-0.4, -0.2) is 101 Å². The molecule has 5 atom stereocenters. The van der Waals surface area contributed by atoms with Crippen molar-refractivity contribution in [1.29, 1.82) is 0 Å². The zero-order chi connectivity index (χ0) is 48.7. The Morgan fingerprint density at radius 1 is 0.781 bits per heavy atom. The highest BCUT2D eigenvalue weighted by Crippen LogP contribution is 2.37. The lowest BCUT2D eigenvalue weighted by Gasteiger charge is -2.45. The van der Waals surface area contributed by atoms with E-state index in [1.807, 2.05) is 52.8 Å². The summed E-state index contributed by atoms with van der Waals surface area (Å²) >= 11 is 0. The highest BCUT2D eigenvalue weighted by molar-refractivity contribution is 5.78. The quantitative estimate of drug-likeness (QED) is 0.0747. The van der Waals surface area contributed by atoms with Crippen LogP contribution in [0.3, 0.4) is 0 Å². The second-order valence-corrected chi connectivity index (χ2v) is 21.8. The van der Waals surface area contributed by atoms with Crippen LogP contribution in [0.15, 0.2) is 18.2 Å². The van der Waals surface area contributed by atoms with E-state index in [0.717, 1.165) is 16.8 Å². The van der Waals surface area contributed by atoms with Gasteiger partial charge in [-0.2, -0.15) is 0 Å². The number of carboxylic acids is 1. The van der Waals surface area contributed by atoms with E-state index >= 15 is 0 Å². The predicted molar refractivity (Wildman–Crippen MR) is 239 cm³/mol. The van der Waals surface area contributed by atoms with Gasteiger partial charge in [-0.25, -0.2) is 0 Å². The summed E-state index contributed by atoms with van der Waals surface area (Å²) in [5.41, 5.74) is -1.20. The summed E-state index contributed by atoms with van der Waals surface area (Å²) in [4.78, 5) is 65.5. The van der Waals surface area contributed by atoms with Crippen molar-refractivity contribution in [1.82, 2.24) is 15.5 Å². The van der Waals surface area contributed by atoms with Crippen LogP contribution in [0.2, 0.25) is 0 Å². The highest BCUT2D eigenvalue weighted by atomic mass is 16.7. The number of carbonyl (C=O) groups is 5. The number of benzene rings is 1. The first kappa shape index (κ1) is 53.6. The van der Waals surface area contributed by atoms with E-state index in [1.54, 1.807) is 83.1 Å². The molecule has 360 valence electrons. The van der Waals surface area contributed by atoms with Gasteiger partial charge in [-0.1, -0.05) is 19.9 Å². The second-order valence-electron chi connectivity index (χ2n) is 21.8. The third kappa shape index (κ3) is 15.5. The molecule has 0 saturated carbocycles. The molecule has 3 N–H and O–H groups in total. The van der Waals surface area contributed by atoms with Crippen molar-refractivity contribution >= 4 is 29.8 Å². The van der Waals surface area contributed by atoms with Crippen molar-refractivity contribution in [3.63, 3.8) is 0 Å². The van der Waals surface area contributed by atoms with E-state index in [4.69, 9.17) is 38.3 Å². The van der Waals surface area contributed by atoms with Crippen molar-refractivity contribution in [3.05, 3.63) is 40.6 Å². The van der Waals surface area contributed by atoms with Gasteiger partial charge in [0.25, 0.3) is 0 Å². The standard InChI is InChI=1S/C48H75N3O13/c1-27(2)34-31(24-29-19-20-30(23-28(29)3)58-22-18-21-49-48(16,17)25-33(52)53)38(51-50-34)64-39-37(63-43(57)47(13,14)15)36(62-42(56)46(10,11)12)35(61-41(55)45(7,8)9)32(60-39)26-59-40(54)44(4,5)6/h19-20,23,27,32,35-37,39,49H,18,21-22,24-26H2,1-17H3,(H,50,51)(H,52,53)/t32-,35-,36+,37-,39+/m1/s1. The fourth-order valence-corrected chi connectivity index (χ4v) is 6.28. The second kappa shape index (κ2) is 21.1. The molecule has 0 radical (unpaired) electrons. The maximum Gasteiger partial charge on any atom is 0.311 e. The molecule has 16 nitrogen and oxygen atoms in total. The number of hydrogen-bond acceptors (Lipinski definition) is 14. The lowest BCUT2D eigenvalue weighted by atomic mass is 9.93. The van der Waals surface area contributed by atoms with Gasteiger partial charge in [0.2, 0.25) is 18.3 Å². The fraction of sp³-hybridized carbons (Fsp3) is 0.708. The van der Waals surface area contributed by atoms with Crippen molar-refractivity contribution < 1.29 is 62.2 Å². The molecule has 2 aromatic rings. The van der Waals surface area contributed by atoms with Crippen molar-refractivity contribution in [2.24, 2.45) is 21.7 Å². The Balaban J connectivity index is 2.09. The molecule has 1 aliphatic rings. The van der Waals surface area contributed by atoms with Gasteiger partial charge < -0.3 is 43.6 Å². The summed E-state index contributed by atoms with van der Waals surface area (Å²) in [5.74, 6) is -2.68. The first-order valence-electron chi connectivity index (χ1n) is 22.1. The molecular weight excluding hydrogens is 827 g/mol. The number of nitrogens with zero attached hydrogens (tertiary/aromatic N) is 1. The fourth-order valence-electron chi connectivity index (χ4n) is 6.28. The van der Waals surface area contributed by atoms with Gasteiger partial charge in [0.05, 0.1) is 34.7 Å². The van der Waals surface area contributed by atoms with E-state index in [0.29, 0.717) is 37.3 Å². The Morgan fingerprint density at radius 3 is 1.81 bits per heavy atom. The SMILES string of the molecule is Cc1cc(OCCCNC(C)(C)CC(=O)O)ccc1Cc1c(O[C@@H]2O[C@H](COC(=O)C(C)(C)C)[C@@H](OC(=O)C(C)(C)C)[C@H](OC(=O)C(C)(C)C)[C@H]2OC(=O)C(C)(C)C)n[nH]c1C(C)C. The van der Waals surface area contributed by atoms with Gasteiger partial charge in [-0.05, 0) is 146 Å². The number of H-pyrrole nitrogens is 1. The minimum atomic E-state index is -1.52. The molecule has 0 bridgehead atoms. The van der Waals surface area contributed by atoms with Crippen LogP contribution in [0.4, 0.5) is 0 Å². The summed E-state index contributed by atoms with van der Waals surface area (Å²) in [6, 6.07) is 5.78. The maximum atomic E-state index is 13.8. The largest absolute Gasteiger partial charge is 0.494 e. The van der Waals surface area contributed by atoms with Crippen LogP contribution in [0, 0.1) is 28.6 Å². The number of carboxylic acid groups (broad SMARTS) is 1. The third-order valence-corrected chi connectivity index (χ3v) is 10.3. The van der Waals surface area contributed by atoms with E-state index in [9.17, 15) is 24.0 Å². The number of aliphatic carboxylic acids is 1. The normalized spacial score (nSPS) is 19.8. The van der Waals surface area contributed by atoms with E-state index in [2.05, 4.69) is 15.5 Å². The Morgan fingerprint density at radius 2 is 1.31 bits per heavy atom. The molecule has 2 heterocycles. The van der Waals surface area contributed by atoms with Gasteiger partial charge >= 0.3 is 29.8 Å². The molecule has 64 heavy (non-hydrogen) atoms. The third-order valence-electron chi connectivity index (χ3n) is 10.3. The van der Waals surface area contributed by atoms with Crippen LogP contribution in [0.1, 0.15) is 152 Å². The van der Waals surface area contributed by atoms with Crippen LogP contribution < -0.4 is 14.8 Å². The summed E-state index contributed by atoms with van der Waals surface area (Å²) in [6.45, 7) is 30.3. The smallest absolute Gasteiger partial charge is 0.311 e. The van der Waals surface area contributed by atoms with Crippen LogP contribution in [-0.2, 0) is 54.1 Å². The summed E-state index contributed by atoms with van der Waals surface area (Å²) in [5, 5.41) is 20.1. The number of carbonyl (C=O) groups excluding carboxylic acids is 4. The molecule has 1 aliphatic heterocycles. The number of aryl methyl sites for hydroxylation is 1. The molecule has 16 heteroatoms. The Hall–Kier alpha value is -4.70. The number of nitrogens with one attached hydrogen (secondary N) is 2. The maximum absolute atomic E-state index is 13.8. The minimum Gasteiger partial charge on any atom is -0.494 e. The number of hydrogen-bond donors (Lipinski definition) is 3. The first-order chi connectivity index (χ1) is 29.2. The van der Waals surface area contributed by atoms with Gasteiger partial charge in [-0.15, -0.1) is 5.10 Å². The Bertz CT molecular complexity index is 1940. The van der Waals surface area contributed by atoms with Crippen LogP contribution in [0.25, 0.3) is 0 Å². The van der Waals surface area contributed by atoms with Gasteiger partial charge in [0, 0.05) is 23.2 Å². The molecular formula is C48H75N3O13. The zero-order valence-corrected chi connectivity index (χ0v) is 41.2. The Kier molecular flexibility index (Phi) is 17.7. The molecule has 3 rings (SSSR count). The average molecular weight is 902 g/mol. The molecule has 1 saturated heterocycles. The van der Waals surface area contributed by atoms with Gasteiger partial charge in [-0.3, -0.25) is 29.1 Å². The minimum absolute atomic E-state index is 0.00726. The first-order valence-corrected chi connectivity index (χ1v) is 22.1. The molecule has 1 aromatic carbocycles. The van der Waals surface area contributed by atoms with E-state index in [1.165, 1.54) is 0 Å². The zero-order valence-electron chi connectivity index (χ0n) is 41.2. The number of aromatic amines is 1. The lowest BCUT2D eigenvalue weighted by molar-refractivity contribution is -0.294. The molecule has 0 unspecified atom stereocenters. The number of esters is 4. The molecule has 0 aliphatic carbocycles. The Labute approximate surface area is 379 Å². The summed E-state index contributed by atoms with van der Waals surface area (Å²) in [7, 11) is 0. The number of ether oxygens (including phenoxy) is 7. The van der Waals surface area contributed by atoms with Crippen molar-refractivity contribution in [2.45, 2.75) is 179 Å². The molecule has 0 spiro atoms. The molecule has 1 fully saturated rings. The summed E-state index contributed by atoms with van der Waals surface area (Å²) < 4.78 is 43.5. The average Bonchev–Trinajstić information content (AvgIpc) is 3.53. The van der Waals surface area contributed by atoms with Crippen molar-refractivity contribution in [2.75, 3.05) is 19.8 Å². The van der Waals surface area contributed by atoms with E-state index < -0.39 is 94.4 Å². The van der Waals surface area contributed by atoms with Crippen molar-refractivity contribution in [3.8, 4) is 11.6 Å². The highest BCUT2D eigenvalue weighted by Gasteiger charge is 2.56. The van der Waals surface area contributed by atoms with E-state index in [-0.39, 0.29) is 18.2 Å². The van der Waals surface area contributed by atoms with Gasteiger partial charge in [0.15, 0.2) is 12.2 Å². The topological polar surface area (TPSA) is 211 Å². The van der Waals surface area contributed by atoms with Crippen LogP contribution in [0.5, 0.6) is 11.6 Å². The lowest BCUT2D eigenvalue weighted by Crippen LogP contribution is -2.65. The molecule has 0 amide bonds. The van der Waals surface area contributed by atoms with Crippen LogP contribution >= 0.6 is 0 Å². The summed E-state index contributed by atoms with van der Waals surface area (Å²) in [6.07, 6.45) is -6.17. The number of rotatable bonds is 18. The van der Waals surface area contributed by atoms with Gasteiger partial charge in [0.1, 0.15) is 18.5 Å².